The average molecular weight is 351 g/mol. The number of hydrogen-bond donors (Lipinski definition) is 3. The predicted octanol–water partition coefficient (Wildman–Crippen LogP) is 3.32. The molecule has 0 unspecified atom stereocenters. The van der Waals surface area contributed by atoms with E-state index in [0.717, 1.165) is 44.6 Å². The molecule has 3 N–H and O–H groups in total. The van der Waals surface area contributed by atoms with Gasteiger partial charge in [-0.3, -0.25) is 4.90 Å². The van der Waals surface area contributed by atoms with E-state index in [1.165, 1.54) is 6.07 Å². The maximum atomic E-state index is 9.73. The summed E-state index contributed by atoms with van der Waals surface area (Å²) in [7, 11) is 0. The summed E-state index contributed by atoms with van der Waals surface area (Å²) in [6.07, 6.45) is 2.20. The molecule has 0 bridgehead atoms. The fraction of sp³-hybridized carbons (Fsp3) is 0.625. The largest absolute Gasteiger partial charge is 0.508 e. The highest BCUT2D eigenvalue weighted by Crippen LogP contribution is 2.32. The molecule has 1 atom stereocenters. The molecule has 2 rings (SSSR count). The Labute approximate surface area is 145 Å². The fourth-order valence-electron chi connectivity index (χ4n) is 2.86. The minimum absolute atomic E-state index is 0. The maximum absolute atomic E-state index is 9.73. The lowest BCUT2D eigenvalue weighted by Crippen LogP contribution is -2.45. The molecule has 4 nitrogen and oxygen atoms in total. The van der Waals surface area contributed by atoms with Gasteiger partial charge in [0.05, 0.1) is 0 Å². The summed E-state index contributed by atoms with van der Waals surface area (Å²) in [6, 6.07) is 5.23. The first kappa shape index (κ1) is 21.3. The van der Waals surface area contributed by atoms with Crippen LogP contribution in [0.4, 0.5) is 0 Å². The van der Waals surface area contributed by atoms with Crippen LogP contribution in [-0.4, -0.2) is 41.3 Å². The predicted molar refractivity (Wildman–Crippen MR) is 95.5 cm³/mol. The van der Waals surface area contributed by atoms with Crippen molar-refractivity contribution in [2.75, 3.05) is 26.2 Å². The van der Waals surface area contributed by atoms with Crippen molar-refractivity contribution in [3.05, 3.63) is 23.8 Å². The van der Waals surface area contributed by atoms with E-state index in [1.54, 1.807) is 12.1 Å². The molecule has 0 aliphatic carbocycles. The van der Waals surface area contributed by atoms with Crippen molar-refractivity contribution in [1.29, 1.82) is 0 Å². The SMILES string of the molecule is CC(C)CC[C@@H](c1cc(O)cc(O)c1)N1CCNCC1.Cl.Cl. The number of rotatable bonds is 5. The van der Waals surface area contributed by atoms with Crippen molar-refractivity contribution in [3.63, 3.8) is 0 Å². The Bertz CT molecular complexity index is 418. The van der Waals surface area contributed by atoms with Crippen molar-refractivity contribution in [2.45, 2.75) is 32.7 Å². The summed E-state index contributed by atoms with van der Waals surface area (Å²) in [5, 5.41) is 22.8. The number of hydrogen-bond acceptors (Lipinski definition) is 4. The van der Waals surface area contributed by atoms with Crippen molar-refractivity contribution in [1.82, 2.24) is 10.2 Å². The molecular weight excluding hydrogens is 323 g/mol. The summed E-state index contributed by atoms with van der Waals surface area (Å²) < 4.78 is 0. The van der Waals surface area contributed by atoms with E-state index < -0.39 is 0 Å². The van der Waals surface area contributed by atoms with Gasteiger partial charge in [-0.1, -0.05) is 13.8 Å². The molecule has 1 aromatic carbocycles. The lowest BCUT2D eigenvalue weighted by atomic mass is 9.95. The molecule has 128 valence electrons. The zero-order valence-electron chi connectivity index (χ0n) is 13.3. The van der Waals surface area contributed by atoms with Gasteiger partial charge in [-0.25, -0.2) is 0 Å². The van der Waals surface area contributed by atoms with Gasteiger partial charge in [0.15, 0.2) is 0 Å². The van der Waals surface area contributed by atoms with Crippen LogP contribution in [0.15, 0.2) is 18.2 Å². The van der Waals surface area contributed by atoms with E-state index in [4.69, 9.17) is 0 Å². The second-order valence-electron chi connectivity index (χ2n) is 6.06. The molecule has 0 spiro atoms. The number of aromatic hydroxyl groups is 2. The molecule has 6 heteroatoms. The molecule has 1 saturated heterocycles. The molecular formula is C16H28Cl2N2O2. The summed E-state index contributed by atoms with van der Waals surface area (Å²) in [6.45, 7) is 8.49. The Hall–Kier alpha value is -0.680. The average Bonchev–Trinajstić information content (AvgIpc) is 2.38. The van der Waals surface area contributed by atoms with Crippen LogP contribution in [0.5, 0.6) is 11.5 Å². The van der Waals surface area contributed by atoms with Crippen LogP contribution in [0.25, 0.3) is 0 Å². The number of phenolic OH excluding ortho intramolecular Hbond substituents is 2. The van der Waals surface area contributed by atoms with Crippen LogP contribution in [0.3, 0.4) is 0 Å². The summed E-state index contributed by atoms with van der Waals surface area (Å²) in [5.74, 6) is 0.945. The molecule has 1 aliphatic rings. The van der Waals surface area contributed by atoms with E-state index in [-0.39, 0.29) is 42.4 Å². The first-order valence-electron chi connectivity index (χ1n) is 7.54. The highest BCUT2D eigenvalue weighted by molar-refractivity contribution is 5.85. The quantitative estimate of drug-likeness (QED) is 0.762. The number of phenols is 2. The Morgan fingerprint density at radius 1 is 1.00 bits per heavy atom. The van der Waals surface area contributed by atoms with Crippen molar-refractivity contribution < 1.29 is 10.2 Å². The standard InChI is InChI=1S/C16H26N2O2.2ClH/c1-12(2)3-4-16(18-7-5-17-6-8-18)13-9-14(19)11-15(20)10-13;;/h9-12,16-17,19-20H,3-8H2,1-2H3;2*1H/t16-;;/m0../s1. The summed E-state index contributed by atoms with van der Waals surface area (Å²) in [5.41, 5.74) is 1.02. The third-order valence-electron chi connectivity index (χ3n) is 3.92. The van der Waals surface area contributed by atoms with Crippen LogP contribution in [0.1, 0.15) is 38.3 Å². The highest BCUT2D eigenvalue weighted by atomic mass is 35.5. The minimum Gasteiger partial charge on any atom is -0.508 e. The van der Waals surface area contributed by atoms with Crippen molar-refractivity contribution >= 4 is 24.8 Å². The van der Waals surface area contributed by atoms with E-state index in [0.29, 0.717) is 5.92 Å². The van der Waals surface area contributed by atoms with Gasteiger partial charge in [0.2, 0.25) is 0 Å². The number of nitrogens with zero attached hydrogens (tertiary/aromatic N) is 1. The number of piperazine rings is 1. The molecule has 0 amide bonds. The molecule has 1 aliphatic heterocycles. The number of halogens is 2. The van der Waals surface area contributed by atoms with Gasteiger partial charge in [0.1, 0.15) is 11.5 Å². The Morgan fingerprint density at radius 3 is 2.05 bits per heavy atom. The molecule has 1 fully saturated rings. The third-order valence-corrected chi connectivity index (χ3v) is 3.92. The summed E-state index contributed by atoms with van der Waals surface area (Å²) in [4.78, 5) is 2.45. The van der Waals surface area contributed by atoms with Crippen molar-refractivity contribution in [2.24, 2.45) is 5.92 Å². The second-order valence-corrected chi connectivity index (χ2v) is 6.06. The molecule has 1 aromatic rings. The van der Waals surface area contributed by atoms with Gasteiger partial charge in [0.25, 0.3) is 0 Å². The van der Waals surface area contributed by atoms with Gasteiger partial charge in [-0.2, -0.15) is 0 Å². The Balaban J connectivity index is 0.00000220. The third kappa shape index (κ3) is 6.21. The van der Waals surface area contributed by atoms with Crippen LogP contribution >= 0.6 is 24.8 Å². The van der Waals surface area contributed by atoms with Crippen LogP contribution in [-0.2, 0) is 0 Å². The van der Waals surface area contributed by atoms with Gasteiger partial charge >= 0.3 is 0 Å². The van der Waals surface area contributed by atoms with E-state index in [2.05, 4.69) is 24.1 Å². The van der Waals surface area contributed by atoms with Crippen LogP contribution in [0, 0.1) is 5.92 Å². The monoisotopic (exact) mass is 350 g/mol. The summed E-state index contributed by atoms with van der Waals surface area (Å²) >= 11 is 0. The van der Waals surface area contributed by atoms with Gasteiger partial charge in [-0.15, -0.1) is 24.8 Å². The molecule has 0 aromatic heterocycles. The minimum atomic E-state index is 0. The van der Waals surface area contributed by atoms with Gasteiger partial charge in [-0.05, 0) is 36.5 Å². The van der Waals surface area contributed by atoms with Crippen LogP contribution in [0.2, 0.25) is 0 Å². The van der Waals surface area contributed by atoms with Crippen molar-refractivity contribution in [3.8, 4) is 11.5 Å². The molecule has 0 saturated carbocycles. The normalized spacial score (nSPS) is 16.7. The van der Waals surface area contributed by atoms with E-state index in [9.17, 15) is 10.2 Å². The lowest BCUT2D eigenvalue weighted by Gasteiger charge is -2.35. The van der Waals surface area contributed by atoms with Gasteiger partial charge in [0, 0.05) is 38.3 Å². The van der Waals surface area contributed by atoms with Gasteiger partial charge < -0.3 is 15.5 Å². The maximum Gasteiger partial charge on any atom is 0.119 e. The van der Waals surface area contributed by atoms with Crippen LogP contribution < -0.4 is 5.32 Å². The van der Waals surface area contributed by atoms with E-state index in [1.807, 2.05) is 0 Å². The zero-order chi connectivity index (χ0) is 14.5. The topological polar surface area (TPSA) is 55.7 Å². The smallest absolute Gasteiger partial charge is 0.119 e. The highest BCUT2D eigenvalue weighted by Gasteiger charge is 2.23. The number of benzene rings is 1. The zero-order valence-corrected chi connectivity index (χ0v) is 14.9. The molecule has 0 radical (unpaired) electrons. The first-order valence-corrected chi connectivity index (χ1v) is 7.54. The number of nitrogens with one attached hydrogen (secondary N) is 1. The molecule has 1 heterocycles. The Morgan fingerprint density at radius 2 is 1.55 bits per heavy atom. The Kier molecular flexibility index (Phi) is 9.85. The first-order chi connectivity index (χ1) is 9.56. The second kappa shape index (κ2) is 10.2. The fourth-order valence-corrected chi connectivity index (χ4v) is 2.86. The van der Waals surface area contributed by atoms with E-state index >= 15 is 0 Å². The molecule has 22 heavy (non-hydrogen) atoms. The lowest BCUT2D eigenvalue weighted by molar-refractivity contribution is 0.159.